The maximum atomic E-state index is 12.4. The number of hydrogen-bond donors (Lipinski definition) is 1. The molecular weight excluding hydrogens is 346 g/mol. The third kappa shape index (κ3) is 3.11. The van der Waals surface area contributed by atoms with E-state index in [4.69, 9.17) is 4.74 Å². The van der Waals surface area contributed by atoms with Gasteiger partial charge in [-0.05, 0) is 34.1 Å². The fraction of sp³-hybridized carbons (Fsp3) is 0.312. The second-order valence-corrected chi connectivity index (χ2v) is 6.13. The van der Waals surface area contributed by atoms with Crippen molar-refractivity contribution in [2.75, 3.05) is 38.2 Å². The number of aromatic nitrogens is 1. The summed E-state index contributed by atoms with van der Waals surface area (Å²) in [6.07, 6.45) is 1.78. The molecule has 0 saturated carbocycles. The number of methoxy groups -OCH3 is 1. The van der Waals surface area contributed by atoms with Gasteiger partial charge in [-0.15, -0.1) is 0 Å². The molecule has 0 aliphatic carbocycles. The smallest absolute Gasteiger partial charge is 0.270 e. The number of rotatable bonds is 3. The highest BCUT2D eigenvalue weighted by Crippen LogP contribution is 2.22. The Hall–Kier alpha value is -1.95. The number of aromatic amines is 1. The van der Waals surface area contributed by atoms with E-state index in [0.29, 0.717) is 18.8 Å². The first-order valence-electron chi connectivity index (χ1n) is 7.19. The Morgan fingerprint density at radius 1 is 1.23 bits per heavy atom. The molecular formula is C16H18BrN3O2. The van der Waals surface area contributed by atoms with Gasteiger partial charge in [-0.3, -0.25) is 4.79 Å². The lowest BCUT2D eigenvalue weighted by molar-refractivity contribution is 0.0741. The van der Waals surface area contributed by atoms with Gasteiger partial charge in [0.2, 0.25) is 0 Å². The van der Waals surface area contributed by atoms with Crippen LogP contribution in [-0.2, 0) is 0 Å². The largest absolute Gasteiger partial charge is 0.497 e. The lowest BCUT2D eigenvalue weighted by atomic mass is 10.2. The molecule has 1 fully saturated rings. The molecule has 1 aliphatic rings. The number of ether oxygens (including phenoxy) is 1. The molecule has 0 bridgehead atoms. The highest BCUT2D eigenvalue weighted by atomic mass is 79.9. The van der Waals surface area contributed by atoms with Crippen LogP contribution in [0.15, 0.2) is 41.0 Å². The maximum absolute atomic E-state index is 12.4. The molecule has 6 heteroatoms. The van der Waals surface area contributed by atoms with Crippen molar-refractivity contribution in [3.63, 3.8) is 0 Å². The molecule has 0 unspecified atom stereocenters. The van der Waals surface area contributed by atoms with E-state index in [1.807, 2.05) is 29.2 Å². The first-order valence-corrected chi connectivity index (χ1v) is 7.99. The molecule has 5 nitrogen and oxygen atoms in total. The quantitative estimate of drug-likeness (QED) is 0.911. The Morgan fingerprint density at radius 3 is 2.64 bits per heavy atom. The van der Waals surface area contributed by atoms with Gasteiger partial charge in [0.05, 0.1) is 7.11 Å². The molecule has 1 aromatic carbocycles. The Morgan fingerprint density at radius 2 is 2.00 bits per heavy atom. The number of halogens is 1. The average molecular weight is 364 g/mol. The number of amides is 1. The van der Waals surface area contributed by atoms with E-state index in [1.54, 1.807) is 13.3 Å². The molecule has 116 valence electrons. The van der Waals surface area contributed by atoms with Gasteiger partial charge in [-0.25, -0.2) is 0 Å². The number of piperazine rings is 1. The van der Waals surface area contributed by atoms with Crippen LogP contribution < -0.4 is 9.64 Å². The Kier molecular flexibility index (Phi) is 4.38. The van der Waals surface area contributed by atoms with Crippen molar-refractivity contribution in [3.8, 4) is 5.75 Å². The van der Waals surface area contributed by atoms with E-state index in [9.17, 15) is 4.79 Å². The fourth-order valence-corrected chi connectivity index (χ4v) is 2.98. The van der Waals surface area contributed by atoms with Crippen LogP contribution in [0.3, 0.4) is 0 Å². The second kappa shape index (κ2) is 6.44. The zero-order valence-corrected chi connectivity index (χ0v) is 14.0. The number of nitrogens with one attached hydrogen (secondary N) is 1. The van der Waals surface area contributed by atoms with Gasteiger partial charge in [-0.2, -0.15) is 0 Å². The Labute approximate surface area is 138 Å². The molecule has 1 saturated heterocycles. The van der Waals surface area contributed by atoms with Crippen LogP contribution in [0.5, 0.6) is 5.75 Å². The highest BCUT2D eigenvalue weighted by Gasteiger charge is 2.23. The summed E-state index contributed by atoms with van der Waals surface area (Å²) in [6, 6.07) is 9.84. The van der Waals surface area contributed by atoms with Crippen molar-refractivity contribution in [3.05, 3.63) is 46.7 Å². The summed E-state index contributed by atoms with van der Waals surface area (Å²) < 4.78 is 6.16. The van der Waals surface area contributed by atoms with Crippen molar-refractivity contribution in [1.82, 2.24) is 9.88 Å². The van der Waals surface area contributed by atoms with Crippen molar-refractivity contribution in [2.45, 2.75) is 0 Å². The minimum Gasteiger partial charge on any atom is -0.497 e. The summed E-state index contributed by atoms with van der Waals surface area (Å²) in [6.45, 7) is 3.07. The van der Waals surface area contributed by atoms with Crippen molar-refractivity contribution >= 4 is 27.5 Å². The van der Waals surface area contributed by atoms with Gasteiger partial charge in [0.25, 0.3) is 5.91 Å². The Bertz CT molecular complexity index is 663. The standard InChI is InChI=1S/C16H18BrN3O2/c1-22-14-4-2-3-13(10-14)19-5-7-20(8-6-19)16(21)15-9-12(17)11-18-15/h2-4,9-11,18H,5-8H2,1H3. The van der Waals surface area contributed by atoms with Crippen molar-refractivity contribution in [1.29, 1.82) is 0 Å². The van der Waals surface area contributed by atoms with Crippen molar-refractivity contribution < 1.29 is 9.53 Å². The highest BCUT2D eigenvalue weighted by molar-refractivity contribution is 9.10. The summed E-state index contributed by atoms with van der Waals surface area (Å²) in [5.41, 5.74) is 1.76. The lowest BCUT2D eigenvalue weighted by Crippen LogP contribution is -2.48. The SMILES string of the molecule is COc1cccc(N2CCN(C(=O)c3cc(Br)c[nH]3)CC2)c1. The molecule has 1 amide bonds. The zero-order valence-electron chi connectivity index (χ0n) is 12.4. The number of nitrogens with zero attached hydrogens (tertiary/aromatic N) is 2. The molecule has 0 radical (unpaired) electrons. The van der Waals surface area contributed by atoms with E-state index in [-0.39, 0.29) is 5.91 Å². The van der Waals surface area contributed by atoms with Gasteiger partial charge < -0.3 is 19.5 Å². The molecule has 0 atom stereocenters. The van der Waals surface area contributed by atoms with E-state index in [1.165, 1.54) is 0 Å². The van der Waals surface area contributed by atoms with Crippen molar-refractivity contribution in [2.24, 2.45) is 0 Å². The number of hydrogen-bond acceptors (Lipinski definition) is 3. The first kappa shape index (κ1) is 15.0. The molecule has 22 heavy (non-hydrogen) atoms. The molecule has 1 aromatic heterocycles. The van der Waals surface area contributed by atoms with Gasteiger partial charge in [0.1, 0.15) is 11.4 Å². The maximum Gasteiger partial charge on any atom is 0.270 e. The third-order valence-corrected chi connectivity index (χ3v) is 4.32. The summed E-state index contributed by atoms with van der Waals surface area (Å²) in [5.74, 6) is 0.906. The lowest BCUT2D eigenvalue weighted by Gasteiger charge is -2.36. The second-order valence-electron chi connectivity index (χ2n) is 5.21. The van der Waals surface area contributed by atoms with Gasteiger partial charge in [-0.1, -0.05) is 6.07 Å². The average Bonchev–Trinajstić information content (AvgIpc) is 3.01. The molecule has 2 aromatic rings. The van der Waals surface area contributed by atoms with Crippen LogP contribution in [-0.4, -0.2) is 49.1 Å². The molecule has 2 heterocycles. The minimum absolute atomic E-state index is 0.0518. The number of anilines is 1. The normalized spacial score (nSPS) is 15.0. The van der Waals surface area contributed by atoms with Crippen LogP contribution in [0, 0.1) is 0 Å². The molecule has 0 spiro atoms. The third-order valence-electron chi connectivity index (χ3n) is 3.86. The summed E-state index contributed by atoms with van der Waals surface area (Å²) in [7, 11) is 1.67. The van der Waals surface area contributed by atoms with Crippen LogP contribution in [0.2, 0.25) is 0 Å². The zero-order chi connectivity index (χ0) is 15.5. The van der Waals surface area contributed by atoms with E-state index < -0.39 is 0 Å². The topological polar surface area (TPSA) is 48.6 Å². The first-order chi connectivity index (χ1) is 10.7. The van der Waals surface area contributed by atoms with Gasteiger partial charge in [0, 0.05) is 48.6 Å². The minimum atomic E-state index is 0.0518. The predicted octanol–water partition coefficient (Wildman–Crippen LogP) is 2.75. The van der Waals surface area contributed by atoms with E-state index in [0.717, 1.165) is 29.0 Å². The molecule has 1 N–H and O–H groups in total. The number of carbonyl (C=O) groups excluding carboxylic acids is 1. The summed E-state index contributed by atoms with van der Waals surface area (Å²) in [4.78, 5) is 19.5. The number of benzene rings is 1. The monoisotopic (exact) mass is 363 g/mol. The van der Waals surface area contributed by atoms with Crippen LogP contribution >= 0.6 is 15.9 Å². The van der Waals surface area contributed by atoms with Gasteiger partial charge >= 0.3 is 0 Å². The van der Waals surface area contributed by atoms with E-state index in [2.05, 4.69) is 31.9 Å². The van der Waals surface area contributed by atoms with Gasteiger partial charge in [0.15, 0.2) is 0 Å². The summed E-state index contributed by atoms with van der Waals surface area (Å²) >= 11 is 3.36. The molecule has 3 rings (SSSR count). The number of carbonyl (C=O) groups is 1. The Balaban J connectivity index is 1.63. The molecule has 1 aliphatic heterocycles. The predicted molar refractivity (Wildman–Crippen MR) is 89.6 cm³/mol. The van der Waals surface area contributed by atoms with Crippen LogP contribution in [0.4, 0.5) is 5.69 Å². The number of H-pyrrole nitrogens is 1. The van der Waals surface area contributed by atoms with Crippen LogP contribution in [0.1, 0.15) is 10.5 Å². The van der Waals surface area contributed by atoms with E-state index >= 15 is 0 Å². The van der Waals surface area contributed by atoms with Crippen LogP contribution in [0.25, 0.3) is 0 Å². The fourth-order valence-electron chi connectivity index (χ4n) is 2.64. The summed E-state index contributed by atoms with van der Waals surface area (Å²) in [5, 5.41) is 0.